The Labute approximate surface area is 143 Å². The van der Waals surface area contributed by atoms with Crippen LogP contribution in [0.4, 0.5) is 0 Å². The monoisotopic (exact) mass is 410 g/mol. The van der Waals surface area contributed by atoms with Gasteiger partial charge in [-0.3, -0.25) is 0 Å². The van der Waals surface area contributed by atoms with Crippen LogP contribution in [0.15, 0.2) is 4.99 Å². The van der Waals surface area contributed by atoms with Crippen LogP contribution < -0.4 is 10.6 Å². The molecule has 0 unspecified atom stereocenters. The maximum absolute atomic E-state index is 4.62. The van der Waals surface area contributed by atoms with Crippen molar-refractivity contribution < 1.29 is 0 Å². The van der Waals surface area contributed by atoms with Crippen molar-refractivity contribution in [3.05, 3.63) is 15.6 Å². The lowest BCUT2D eigenvalue weighted by Crippen LogP contribution is -2.38. The molecule has 4 nitrogen and oxygen atoms in total. The molecular formula is C14H27IN4S. The van der Waals surface area contributed by atoms with E-state index in [1.165, 1.54) is 4.88 Å². The summed E-state index contributed by atoms with van der Waals surface area (Å²) in [5, 5.41) is 7.76. The molecule has 1 aromatic heterocycles. The van der Waals surface area contributed by atoms with E-state index in [1.807, 2.05) is 13.8 Å². The predicted octanol–water partition coefficient (Wildman–Crippen LogP) is 3.48. The average Bonchev–Trinajstić information content (AvgIpc) is 2.64. The van der Waals surface area contributed by atoms with Gasteiger partial charge >= 0.3 is 0 Å². The number of hydrogen-bond donors (Lipinski definition) is 2. The van der Waals surface area contributed by atoms with Crippen LogP contribution in [0.3, 0.4) is 0 Å². The second kappa shape index (κ2) is 10.4. The van der Waals surface area contributed by atoms with Crippen LogP contribution in [0, 0.1) is 19.8 Å². The third kappa shape index (κ3) is 7.42. The molecule has 0 aliphatic rings. The molecule has 116 valence electrons. The molecule has 1 aromatic rings. The van der Waals surface area contributed by atoms with Crippen molar-refractivity contribution in [1.29, 1.82) is 0 Å². The van der Waals surface area contributed by atoms with Crippen LogP contribution in [-0.4, -0.2) is 24.0 Å². The smallest absolute Gasteiger partial charge is 0.191 e. The van der Waals surface area contributed by atoms with E-state index in [1.54, 1.807) is 11.3 Å². The zero-order valence-corrected chi connectivity index (χ0v) is 16.3. The van der Waals surface area contributed by atoms with Gasteiger partial charge in [0.2, 0.25) is 0 Å². The molecular weight excluding hydrogens is 383 g/mol. The Kier molecular flexibility index (Phi) is 10.2. The van der Waals surface area contributed by atoms with Crippen LogP contribution in [0.1, 0.15) is 42.8 Å². The van der Waals surface area contributed by atoms with E-state index in [-0.39, 0.29) is 24.0 Å². The topological polar surface area (TPSA) is 49.3 Å². The fourth-order valence-electron chi connectivity index (χ4n) is 1.69. The standard InChI is InChI=1S/C14H26N4S.HI/c1-6-15-14(16-8-7-10(2)3)17-9-13-11(4)18-12(5)19-13;/h10H,6-9H2,1-5H3,(H2,15,16,17);1H. The van der Waals surface area contributed by atoms with Crippen molar-refractivity contribution in [3.63, 3.8) is 0 Å². The zero-order chi connectivity index (χ0) is 14.3. The SMILES string of the molecule is CCNC(=NCc1sc(C)nc1C)NCCC(C)C.I. The largest absolute Gasteiger partial charge is 0.357 e. The second-order valence-corrected chi connectivity index (χ2v) is 6.33. The number of thiazole rings is 1. The third-order valence-corrected chi connectivity index (χ3v) is 3.80. The van der Waals surface area contributed by atoms with Gasteiger partial charge in [0.05, 0.1) is 17.2 Å². The molecule has 0 spiro atoms. The minimum absolute atomic E-state index is 0. The van der Waals surface area contributed by atoms with Gasteiger partial charge in [-0.2, -0.15) is 0 Å². The highest BCUT2D eigenvalue weighted by atomic mass is 127. The van der Waals surface area contributed by atoms with Crippen molar-refractivity contribution in [2.45, 2.75) is 47.6 Å². The summed E-state index contributed by atoms with van der Waals surface area (Å²) in [7, 11) is 0. The van der Waals surface area contributed by atoms with Gasteiger partial charge in [0.15, 0.2) is 5.96 Å². The normalized spacial score (nSPS) is 11.4. The molecule has 6 heteroatoms. The van der Waals surface area contributed by atoms with Crippen LogP contribution in [-0.2, 0) is 6.54 Å². The molecule has 0 saturated carbocycles. The number of aliphatic imine (C=N–C) groups is 1. The summed E-state index contributed by atoms with van der Waals surface area (Å²) in [4.78, 5) is 10.3. The minimum Gasteiger partial charge on any atom is -0.357 e. The highest BCUT2D eigenvalue weighted by Gasteiger charge is 2.04. The molecule has 0 amide bonds. The number of rotatable bonds is 6. The molecule has 0 aromatic carbocycles. The third-order valence-electron chi connectivity index (χ3n) is 2.74. The Bertz CT molecular complexity index is 415. The number of guanidine groups is 1. The van der Waals surface area contributed by atoms with Gasteiger partial charge in [-0.05, 0) is 33.1 Å². The summed E-state index contributed by atoms with van der Waals surface area (Å²) >= 11 is 1.73. The van der Waals surface area contributed by atoms with Gasteiger partial charge in [0.25, 0.3) is 0 Å². The number of halogens is 1. The molecule has 0 radical (unpaired) electrons. The minimum atomic E-state index is 0. The first kappa shape index (κ1) is 19.6. The van der Waals surface area contributed by atoms with Crippen molar-refractivity contribution in [3.8, 4) is 0 Å². The van der Waals surface area contributed by atoms with Crippen LogP contribution >= 0.6 is 35.3 Å². The van der Waals surface area contributed by atoms with E-state index < -0.39 is 0 Å². The number of hydrogen-bond acceptors (Lipinski definition) is 3. The quantitative estimate of drug-likeness (QED) is 0.429. The molecule has 2 N–H and O–H groups in total. The van der Waals surface area contributed by atoms with Crippen molar-refractivity contribution in [2.75, 3.05) is 13.1 Å². The Morgan fingerprint density at radius 2 is 2.00 bits per heavy atom. The van der Waals surface area contributed by atoms with E-state index in [9.17, 15) is 0 Å². The molecule has 0 atom stereocenters. The maximum Gasteiger partial charge on any atom is 0.191 e. The highest BCUT2D eigenvalue weighted by molar-refractivity contribution is 14.0. The van der Waals surface area contributed by atoms with E-state index in [0.717, 1.165) is 36.2 Å². The summed E-state index contributed by atoms with van der Waals surface area (Å²) in [6.45, 7) is 13.2. The van der Waals surface area contributed by atoms with Crippen LogP contribution in [0.5, 0.6) is 0 Å². The molecule has 0 bridgehead atoms. The Morgan fingerprint density at radius 3 is 2.50 bits per heavy atom. The molecule has 0 aliphatic carbocycles. The lowest BCUT2D eigenvalue weighted by Gasteiger charge is -2.12. The summed E-state index contributed by atoms with van der Waals surface area (Å²) in [6.07, 6.45) is 1.16. The average molecular weight is 410 g/mol. The molecule has 0 saturated heterocycles. The number of nitrogens with zero attached hydrogens (tertiary/aromatic N) is 2. The fourth-order valence-corrected chi connectivity index (χ4v) is 2.55. The van der Waals surface area contributed by atoms with E-state index in [4.69, 9.17) is 0 Å². The molecule has 0 fully saturated rings. The summed E-state index contributed by atoms with van der Waals surface area (Å²) in [5.41, 5.74) is 1.10. The number of nitrogens with one attached hydrogen (secondary N) is 2. The van der Waals surface area contributed by atoms with Gasteiger partial charge in [0.1, 0.15) is 0 Å². The number of aromatic nitrogens is 1. The summed E-state index contributed by atoms with van der Waals surface area (Å²) in [5.74, 6) is 1.61. The lowest BCUT2D eigenvalue weighted by atomic mass is 10.1. The molecule has 20 heavy (non-hydrogen) atoms. The molecule has 0 aliphatic heterocycles. The van der Waals surface area contributed by atoms with E-state index >= 15 is 0 Å². The van der Waals surface area contributed by atoms with Gasteiger partial charge in [-0.1, -0.05) is 13.8 Å². The summed E-state index contributed by atoms with van der Waals surface area (Å²) in [6, 6.07) is 0. The van der Waals surface area contributed by atoms with Crippen LogP contribution in [0.25, 0.3) is 0 Å². The first-order valence-electron chi connectivity index (χ1n) is 6.98. The van der Waals surface area contributed by atoms with Gasteiger partial charge < -0.3 is 10.6 Å². The Hall–Kier alpha value is -0.370. The highest BCUT2D eigenvalue weighted by Crippen LogP contribution is 2.17. The summed E-state index contributed by atoms with van der Waals surface area (Å²) < 4.78 is 0. The van der Waals surface area contributed by atoms with Gasteiger partial charge in [-0.15, -0.1) is 35.3 Å². The van der Waals surface area contributed by atoms with Crippen LogP contribution in [0.2, 0.25) is 0 Å². The van der Waals surface area contributed by atoms with Crippen molar-refractivity contribution in [2.24, 2.45) is 10.9 Å². The van der Waals surface area contributed by atoms with Gasteiger partial charge in [-0.25, -0.2) is 9.98 Å². The fraction of sp³-hybridized carbons (Fsp3) is 0.714. The second-order valence-electron chi connectivity index (χ2n) is 5.05. The van der Waals surface area contributed by atoms with E-state index in [0.29, 0.717) is 12.5 Å². The first-order valence-corrected chi connectivity index (χ1v) is 7.79. The van der Waals surface area contributed by atoms with Crippen molar-refractivity contribution in [1.82, 2.24) is 15.6 Å². The zero-order valence-electron chi connectivity index (χ0n) is 13.1. The van der Waals surface area contributed by atoms with E-state index in [2.05, 4.69) is 41.4 Å². The lowest BCUT2D eigenvalue weighted by molar-refractivity contribution is 0.573. The first-order chi connectivity index (χ1) is 9.02. The predicted molar refractivity (Wildman–Crippen MR) is 99.3 cm³/mol. The Balaban J connectivity index is 0.00000361. The van der Waals surface area contributed by atoms with Gasteiger partial charge in [0, 0.05) is 18.0 Å². The number of aryl methyl sites for hydroxylation is 2. The molecule has 1 heterocycles. The Morgan fingerprint density at radius 1 is 1.30 bits per heavy atom. The van der Waals surface area contributed by atoms with Crippen molar-refractivity contribution >= 4 is 41.3 Å². The maximum atomic E-state index is 4.62. The molecule has 1 rings (SSSR count).